The second-order valence-corrected chi connectivity index (χ2v) is 10.1. The molecule has 1 N–H and O–H groups in total. The average molecular weight is 439 g/mol. The van der Waals surface area contributed by atoms with Gasteiger partial charge in [-0.3, -0.25) is 4.90 Å². The zero-order valence-corrected chi connectivity index (χ0v) is 19.0. The van der Waals surface area contributed by atoms with E-state index in [4.69, 9.17) is 9.47 Å². The number of amides is 1. The molecule has 2 aromatic rings. The first-order chi connectivity index (χ1) is 15.3. The summed E-state index contributed by atoms with van der Waals surface area (Å²) in [6.07, 6.45) is 2.68. The Morgan fingerprint density at radius 3 is 2.59 bits per heavy atom. The highest BCUT2D eigenvalue weighted by Crippen LogP contribution is 2.46. The van der Waals surface area contributed by atoms with Gasteiger partial charge in [-0.25, -0.2) is 9.18 Å². The lowest BCUT2D eigenvalue weighted by atomic mass is 9.85. The molecule has 3 aliphatic heterocycles. The molecule has 0 radical (unpaired) electrons. The summed E-state index contributed by atoms with van der Waals surface area (Å²) in [5.41, 5.74) is 3.43. The minimum absolute atomic E-state index is 0.0121. The molecule has 170 valence electrons. The van der Waals surface area contributed by atoms with Crippen molar-refractivity contribution >= 4 is 6.09 Å². The highest BCUT2D eigenvalue weighted by atomic mass is 19.1. The van der Waals surface area contributed by atoms with E-state index in [0.29, 0.717) is 17.2 Å². The van der Waals surface area contributed by atoms with Gasteiger partial charge in [0.05, 0.1) is 13.2 Å². The first-order valence-corrected chi connectivity index (χ1v) is 11.5. The van der Waals surface area contributed by atoms with Gasteiger partial charge < -0.3 is 14.8 Å². The fourth-order valence-electron chi connectivity index (χ4n) is 5.69. The van der Waals surface area contributed by atoms with Crippen molar-refractivity contribution in [2.75, 3.05) is 26.7 Å². The number of piperidine rings is 3. The summed E-state index contributed by atoms with van der Waals surface area (Å²) in [4.78, 5) is 15.2. The molecule has 1 aliphatic carbocycles. The van der Waals surface area contributed by atoms with E-state index >= 15 is 0 Å². The first kappa shape index (κ1) is 21.3. The number of nitrogens with one attached hydrogen (secondary N) is 1. The van der Waals surface area contributed by atoms with Crippen molar-refractivity contribution in [2.45, 2.75) is 45.3 Å². The molecule has 0 unspecified atom stereocenters. The van der Waals surface area contributed by atoms with Crippen LogP contribution in [-0.4, -0.2) is 43.8 Å². The predicted octanol–water partition coefficient (Wildman–Crippen LogP) is 4.95. The summed E-state index contributed by atoms with van der Waals surface area (Å²) in [5, 5.41) is 3.15. The maximum atomic E-state index is 14.6. The Labute approximate surface area is 188 Å². The van der Waals surface area contributed by atoms with E-state index in [1.54, 1.807) is 12.1 Å². The number of nitrogens with zero attached hydrogens (tertiary/aromatic N) is 1. The molecule has 2 atom stereocenters. The average Bonchev–Trinajstić information content (AvgIpc) is 3.03. The number of ether oxygens (including phenoxy) is 2. The molecular formula is C26H31FN2O3. The van der Waals surface area contributed by atoms with E-state index in [1.807, 2.05) is 18.2 Å². The van der Waals surface area contributed by atoms with Crippen molar-refractivity contribution in [3.8, 4) is 16.9 Å². The maximum absolute atomic E-state index is 14.6. The SMILES string of the molecule is COc1ccc(-c2ccc3c(c2)CC(C)(C)[C@H]3NC(=O)O[C@@H]2CN3CCC2CC3)c(F)c1. The van der Waals surface area contributed by atoms with Gasteiger partial charge in [0.25, 0.3) is 0 Å². The van der Waals surface area contributed by atoms with E-state index in [2.05, 4.69) is 24.1 Å². The van der Waals surface area contributed by atoms with E-state index in [9.17, 15) is 9.18 Å². The second-order valence-electron chi connectivity index (χ2n) is 10.1. The normalized spacial score (nSPS) is 27.6. The number of carbonyl (C=O) groups excluding carboxylic acids is 1. The van der Waals surface area contributed by atoms with Gasteiger partial charge >= 0.3 is 6.09 Å². The van der Waals surface area contributed by atoms with Crippen molar-refractivity contribution in [3.63, 3.8) is 0 Å². The standard InChI is InChI=1S/C26H31FN2O3/c1-26(2)14-18-12-17(20-7-5-19(31-3)13-22(20)27)4-6-21(18)24(26)28-25(30)32-23-15-29-10-8-16(23)9-11-29/h4-7,12-13,16,23-24H,8-11,14-15H2,1-3H3,(H,28,30)/t23-,24+/m1/s1. The number of methoxy groups -OCH3 is 1. The Kier molecular flexibility index (Phi) is 5.36. The molecule has 4 aliphatic rings. The number of benzene rings is 2. The summed E-state index contributed by atoms with van der Waals surface area (Å²) in [7, 11) is 1.53. The molecule has 6 rings (SSSR count). The molecule has 0 aromatic heterocycles. The topological polar surface area (TPSA) is 50.8 Å². The van der Waals surface area contributed by atoms with E-state index in [1.165, 1.54) is 13.2 Å². The van der Waals surface area contributed by atoms with E-state index < -0.39 is 0 Å². The lowest BCUT2D eigenvalue weighted by molar-refractivity contribution is -0.0348. The van der Waals surface area contributed by atoms with Crippen LogP contribution in [0.15, 0.2) is 36.4 Å². The Morgan fingerprint density at radius 2 is 1.94 bits per heavy atom. The molecule has 3 saturated heterocycles. The number of halogens is 1. The van der Waals surface area contributed by atoms with Crippen molar-refractivity contribution < 1.29 is 18.7 Å². The van der Waals surface area contributed by atoms with Crippen LogP contribution in [0.5, 0.6) is 5.75 Å². The molecule has 2 aromatic carbocycles. The summed E-state index contributed by atoms with van der Waals surface area (Å²) >= 11 is 0. The van der Waals surface area contributed by atoms with Crippen LogP contribution >= 0.6 is 0 Å². The largest absolute Gasteiger partial charge is 0.497 e. The maximum Gasteiger partial charge on any atom is 0.407 e. The van der Waals surface area contributed by atoms with Gasteiger partial charge in [-0.05, 0) is 72.5 Å². The number of carbonyl (C=O) groups is 1. The van der Waals surface area contributed by atoms with Crippen molar-refractivity contribution in [2.24, 2.45) is 11.3 Å². The molecule has 6 heteroatoms. The monoisotopic (exact) mass is 438 g/mol. The van der Waals surface area contributed by atoms with E-state index in [0.717, 1.165) is 55.6 Å². The van der Waals surface area contributed by atoms with Crippen LogP contribution in [0.2, 0.25) is 0 Å². The van der Waals surface area contributed by atoms with Gasteiger partial charge in [-0.15, -0.1) is 0 Å². The zero-order valence-electron chi connectivity index (χ0n) is 19.0. The van der Waals surface area contributed by atoms with Crippen LogP contribution in [0.1, 0.15) is 43.9 Å². The molecule has 32 heavy (non-hydrogen) atoms. The van der Waals surface area contributed by atoms with Gasteiger partial charge in [0.2, 0.25) is 0 Å². The van der Waals surface area contributed by atoms with Crippen LogP contribution in [0.3, 0.4) is 0 Å². The number of hydrogen-bond acceptors (Lipinski definition) is 4. The fourth-order valence-corrected chi connectivity index (χ4v) is 5.69. The third-order valence-corrected chi connectivity index (χ3v) is 7.49. The molecule has 0 spiro atoms. The molecule has 5 nitrogen and oxygen atoms in total. The van der Waals surface area contributed by atoms with Crippen LogP contribution < -0.4 is 10.1 Å². The highest BCUT2D eigenvalue weighted by Gasteiger charge is 2.42. The number of fused-ring (bicyclic) bond motifs is 4. The third-order valence-electron chi connectivity index (χ3n) is 7.49. The molecule has 1 amide bonds. The Morgan fingerprint density at radius 1 is 1.16 bits per heavy atom. The molecule has 2 bridgehead atoms. The Balaban J connectivity index is 1.34. The molecule has 3 heterocycles. The zero-order chi connectivity index (χ0) is 22.5. The number of rotatable bonds is 4. The fraction of sp³-hybridized carbons (Fsp3) is 0.500. The summed E-state index contributed by atoms with van der Waals surface area (Å²) in [6, 6.07) is 10.8. The lowest BCUT2D eigenvalue weighted by Gasteiger charge is -2.44. The van der Waals surface area contributed by atoms with Crippen molar-refractivity contribution in [3.05, 3.63) is 53.3 Å². The molecule has 0 saturated carbocycles. The minimum Gasteiger partial charge on any atom is -0.497 e. The van der Waals surface area contributed by atoms with Crippen molar-refractivity contribution in [1.29, 1.82) is 0 Å². The van der Waals surface area contributed by atoms with Crippen LogP contribution in [0.4, 0.5) is 9.18 Å². The van der Waals surface area contributed by atoms with Gasteiger partial charge in [0.1, 0.15) is 17.7 Å². The quantitative estimate of drug-likeness (QED) is 0.734. The minimum atomic E-state index is -0.333. The van der Waals surface area contributed by atoms with Gasteiger partial charge in [0.15, 0.2) is 0 Å². The summed E-state index contributed by atoms with van der Waals surface area (Å²) < 4.78 is 25.6. The van der Waals surface area contributed by atoms with Crippen LogP contribution in [0, 0.1) is 17.2 Å². The van der Waals surface area contributed by atoms with Crippen LogP contribution in [0.25, 0.3) is 11.1 Å². The number of alkyl carbamates (subject to hydrolysis) is 1. The number of hydrogen-bond donors (Lipinski definition) is 1. The Hall–Kier alpha value is -2.60. The first-order valence-electron chi connectivity index (χ1n) is 11.5. The smallest absolute Gasteiger partial charge is 0.407 e. The van der Waals surface area contributed by atoms with Gasteiger partial charge in [0, 0.05) is 18.2 Å². The molecular weight excluding hydrogens is 407 g/mol. The van der Waals surface area contributed by atoms with E-state index in [-0.39, 0.29) is 29.5 Å². The summed E-state index contributed by atoms with van der Waals surface area (Å²) in [5.74, 6) is 0.674. The second kappa shape index (κ2) is 8.07. The molecule has 3 fully saturated rings. The predicted molar refractivity (Wildman–Crippen MR) is 121 cm³/mol. The van der Waals surface area contributed by atoms with Crippen molar-refractivity contribution in [1.82, 2.24) is 10.2 Å². The summed E-state index contributed by atoms with van der Waals surface area (Å²) in [6.45, 7) is 7.39. The third kappa shape index (κ3) is 3.85. The Bertz CT molecular complexity index is 1030. The van der Waals surface area contributed by atoms with Gasteiger partial charge in [-0.1, -0.05) is 32.0 Å². The lowest BCUT2D eigenvalue weighted by Crippen LogP contribution is -2.53. The van der Waals surface area contributed by atoms with Gasteiger partial charge in [-0.2, -0.15) is 0 Å². The highest BCUT2D eigenvalue weighted by molar-refractivity contribution is 5.70. The van der Waals surface area contributed by atoms with Crippen LogP contribution in [-0.2, 0) is 11.2 Å².